The standard InChI is InChI=1S/C16H21ClO/c17-14-9-7-13(8-10-14)16(18)11-12-5-3-1-2-4-6-15(12)16/h7-10,12,15,18H,1-6,11H2/t12-,15+,16-/m0/s1. The fraction of sp³-hybridized carbons (Fsp3) is 0.625. The molecule has 2 aliphatic carbocycles. The van der Waals surface area contributed by atoms with Crippen LogP contribution in [0.25, 0.3) is 0 Å². The van der Waals surface area contributed by atoms with Gasteiger partial charge in [-0.3, -0.25) is 0 Å². The molecule has 3 atom stereocenters. The number of fused-ring (bicyclic) bond motifs is 1. The number of hydrogen-bond donors (Lipinski definition) is 1. The topological polar surface area (TPSA) is 20.2 Å². The van der Waals surface area contributed by atoms with Crippen molar-refractivity contribution in [2.75, 3.05) is 0 Å². The molecule has 0 unspecified atom stereocenters. The number of halogens is 1. The smallest absolute Gasteiger partial charge is 0.0930 e. The molecule has 0 radical (unpaired) electrons. The van der Waals surface area contributed by atoms with E-state index in [1.165, 1.54) is 38.5 Å². The second-order valence-electron chi connectivity index (χ2n) is 5.99. The van der Waals surface area contributed by atoms with Crippen molar-refractivity contribution in [3.05, 3.63) is 34.9 Å². The highest BCUT2D eigenvalue weighted by molar-refractivity contribution is 6.30. The number of benzene rings is 1. The molecule has 18 heavy (non-hydrogen) atoms. The van der Waals surface area contributed by atoms with E-state index < -0.39 is 5.60 Å². The highest BCUT2D eigenvalue weighted by atomic mass is 35.5. The van der Waals surface area contributed by atoms with Crippen molar-refractivity contribution in [3.8, 4) is 0 Å². The molecule has 0 aromatic heterocycles. The van der Waals surface area contributed by atoms with E-state index >= 15 is 0 Å². The van der Waals surface area contributed by atoms with E-state index in [4.69, 9.17) is 11.6 Å². The molecular formula is C16H21ClO. The highest BCUT2D eigenvalue weighted by Gasteiger charge is 2.52. The third-order valence-electron chi connectivity index (χ3n) is 4.94. The third kappa shape index (κ3) is 2.08. The van der Waals surface area contributed by atoms with Gasteiger partial charge in [-0.25, -0.2) is 0 Å². The van der Waals surface area contributed by atoms with Gasteiger partial charge in [-0.05, 0) is 48.8 Å². The molecule has 0 heterocycles. The zero-order chi connectivity index (χ0) is 12.6. The van der Waals surface area contributed by atoms with Gasteiger partial charge in [0.25, 0.3) is 0 Å². The maximum atomic E-state index is 10.9. The van der Waals surface area contributed by atoms with Crippen molar-refractivity contribution in [1.82, 2.24) is 0 Å². The minimum atomic E-state index is -0.577. The average Bonchev–Trinajstić information content (AvgIpc) is 2.33. The summed E-state index contributed by atoms with van der Waals surface area (Å²) in [5.74, 6) is 1.21. The molecule has 1 aromatic rings. The van der Waals surface area contributed by atoms with E-state index in [0.29, 0.717) is 5.92 Å². The number of hydrogen-bond acceptors (Lipinski definition) is 1. The van der Waals surface area contributed by atoms with Crippen LogP contribution >= 0.6 is 11.6 Å². The monoisotopic (exact) mass is 264 g/mol. The molecule has 1 nitrogen and oxygen atoms in total. The van der Waals surface area contributed by atoms with E-state index in [9.17, 15) is 5.11 Å². The summed E-state index contributed by atoms with van der Waals surface area (Å²) < 4.78 is 0. The lowest BCUT2D eigenvalue weighted by molar-refractivity contribution is -0.154. The average molecular weight is 265 g/mol. The van der Waals surface area contributed by atoms with Crippen molar-refractivity contribution in [1.29, 1.82) is 0 Å². The molecule has 3 rings (SSSR count). The van der Waals surface area contributed by atoms with Crippen LogP contribution in [-0.4, -0.2) is 5.11 Å². The van der Waals surface area contributed by atoms with Crippen LogP contribution in [0.1, 0.15) is 50.5 Å². The fourth-order valence-electron chi connectivity index (χ4n) is 3.90. The number of aliphatic hydroxyl groups is 1. The van der Waals surface area contributed by atoms with Crippen molar-refractivity contribution in [3.63, 3.8) is 0 Å². The first-order valence-corrected chi connectivity index (χ1v) is 7.56. The Bertz CT molecular complexity index is 414. The first-order chi connectivity index (χ1) is 8.70. The second-order valence-corrected chi connectivity index (χ2v) is 6.43. The second kappa shape index (κ2) is 4.86. The zero-order valence-electron chi connectivity index (χ0n) is 10.7. The fourth-order valence-corrected chi connectivity index (χ4v) is 4.02. The van der Waals surface area contributed by atoms with Crippen LogP contribution in [0.3, 0.4) is 0 Å². The lowest BCUT2D eigenvalue weighted by atomic mass is 9.55. The Labute approximate surface area is 114 Å². The van der Waals surface area contributed by atoms with Crippen molar-refractivity contribution >= 4 is 11.6 Å². The van der Waals surface area contributed by atoms with E-state index in [0.717, 1.165) is 22.9 Å². The summed E-state index contributed by atoms with van der Waals surface area (Å²) in [5.41, 5.74) is 0.487. The van der Waals surface area contributed by atoms with E-state index in [1.54, 1.807) is 0 Å². The first-order valence-electron chi connectivity index (χ1n) is 7.18. The Morgan fingerprint density at radius 1 is 1.00 bits per heavy atom. The highest BCUT2D eigenvalue weighted by Crippen LogP contribution is 2.55. The molecular weight excluding hydrogens is 244 g/mol. The Balaban J connectivity index is 1.81. The summed E-state index contributed by atoms with van der Waals surface area (Å²) in [6.07, 6.45) is 8.76. The molecule has 1 aromatic carbocycles. The van der Waals surface area contributed by atoms with Gasteiger partial charge in [0.1, 0.15) is 0 Å². The quantitative estimate of drug-likeness (QED) is 0.791. The molecule has 0 aliphatic heterocycles. The van der Waals surface area contributed by atoms with Gasteiger partial charge < -0.3 is 5.11 Å². The van der Waals surface area contributed by atoms with E-state index in [2.05, 4.69) is 0 Å². The molecule has 2 heteroatoms. The number of rotatable bonds is 1. The van der Waals surface area contributed by atoms with Gasteiger partial charge in [0.2, 0.25) is 0 Å². The van der Waals surface area contributed by atoms with Crippen LogP contribution in [-0.2, 0) is 5.60 Å². The van der Waals surface area contributed by atoms with Gasteiger partial charge in [0.15, 0.2) is 0 Å². The summed E-state index contributed by atoms with van der Waals surface area (Å²) in [6, 6.07) is 7.78. The van der Waals surface area contributed by atoms with Crippen LogP contribution in [0, 0.1) is 11.8 Å². The lowest BCUT2D eigenvalue weighted by Gasteiger charge is -2.53. The van der Waals surface area contributed by atoms with Gasteiger partial charge in [0, 0.05) is 5.02 Å². The van der Waals surface area contributed by atoms with Gasteiger partial charge in [-0.15, -0.1) is 0 Å². The molecule has 0 amide bonds. The normalized spacial score (nSPS) is 36.1. The maximum Gasteiger partial charge on any atom is 0.0930 e. The van der Waals surface area contributed by atoms with Crippen molar-refractivity contribution in [2.24, 2.45) is 11.8 Å². The summed E-state index contributed by atoms with van der Waals surface area (Å²) >= 11 is 5.93. The van der Waals surface area contributed by atoms with Crippen molar-refractivity contribution in [2.45, 2.75) is 50.5 Å². The maximum absolute atomic E-state index is 10.9. The van der Waals surface area contributed by atoms with Crippen molar-refractivity contribution < 1.29 is 5.11 Å². The minimum Gasteiger partial charge on any atom is -0.385 e. The van der Waals surface area contributed by atoms with Gasteiger partial charge in [0.05, 0.1) is 5.60 Å². The van der Waals surface area contributed by atoms with Gasteiger partial charge >= 0.3 is 0 Å². The molecule has 0 saturated heterocycles. The molecule has 1 N–H and O–H groups in total. The van der Waals surface area contributed by atoms with Gasteiger partial charge in [-0.2, -0.15) is 0 Å². The molecule has 2 fully saturated rings. The Kier molecular flexibility index (Phi) is 3.38. The first kappa shape index (κ1) is 12.5. The van der Waals surface area contributed by atoms with Crippen LogP contribution < -0.4 is 0 Å². The molecule has 0 spiro atoms. The summed E-state index contributed by atoms with van der Waals surface area (Å²) in [4.78, 5) is 0. The lowest BCUT2D eigenvalue weighted by Crippen LogP contribution is -2.51. The SMILES string of the molecule is O[C@]1(c2ccc(Cl)cc2)C[C@@H]2CCCCCC[C@H]21. The molecule has 98 valence electrons. The Morgan fingerprint density at radius 3 is 2.39 bits per heavy atom. The van der Waals surface area contributed by atoms with Gasteiger partial charge in [-0.1, -0.05) is 49.4 Å². The third-order valence-corrected chi connectivity index (χ3v) is 5.19. The predicted molar refractivity (Wildman–Crippen MR) is 74.6 cm³/mol. The van der Waals surface area contributed by atoms with Crippen LogP contribution in [0.2, 0.25) is 5.02 Å². The van der Waals surface area contributed by atoms with E-state index in [1.807, 2.05) is 24.3 Å². The summed E-state index contributed by atoms with van der Waals surface area (Å²) in [7, 11) is 0. The van der Waals surface area contributed by atoms with Crippen LogP contribution in [0.15, 0.2) is 24.3 Å². The van der Waals surface area contributed by atoms with Crippen LogP contribution in [0.5, 0.6) is 0 Å². The predicted octanol–water partition coefficient (Wildman–Crippen LogP) is 4.52. The van der Waals surface area contributed by atoms with E-state index in [-0.39, 0.29) is 0 Å². The Morgan fingerprint density at radius 2 is 1.67 bits per heavy atom. The molecule has 0 bridgehead atoms. The molecule has 2 aliphatic rings. The van der Waals surface area contributed by atoms with Crippen LogP contribution in [0.4, 0.5) is 0 Å². The molecule has 2 saturated carbocycles. The minimum absolute atomic E-state index is 0.471. The largest absolute Gasteiger partial charge is 0.385 e. The Hall–Kier alpha value is -0.530. The summed E-state index contributed by atoms with van der Waals surface area (Å²) in [6.45, 7) is 0. The zero-order valence-corrected chi connectivity index (χ0v) is 11.5. The summed E-state index contributed by atoms with van der Waals surface area (Å²) in [5, 5.41) is 11.7.